The van der Waals surface area contributed by atoms with E-state index in [9.17, 15) is 4.79 Å². The van der Waals surface area contributed by atoms with Crippen LogP contribution in [0.3, 0.4) is 0 Å². The van der Waals surface area contributed by atoms with Crippen molar-refractivity contribution in [3.05, 3.63) is 35.3 Å². The first kappa shape index (κ1) is 10.4. The lowest BCUT2D eigenvalue weighted by atomic mass is 10.3. The highest BCUT2D eigenvalue weighted by molar-refractivity contribution is 5.92. The van der Waals surface area contributed by atoms with Crippen molar-refractivity contribution in [1.29, 1.82) is 0 Å². The molecule has 84 valence electrons. The molecule has 2 aromatic rings. The molecule has 0 atom stereocenters. The Kier molecular flexibility index (Phi) is 2.72. The third-order valence-electron chi connectivity index (χ3n) is 2.12. The minimum atomic E-state index is -0.265. The van der Waals surface area contributed by atoms with Crippen molar-refractivity contribution in [2.24, 2.45) is 0 Å². The zero-order valence-corrected chi connectivity index (χ0v) is 9.07. The van der Waals surface area contributed by atoms with Crippen molar-refractivity contribution in [1.82, 2.24) is 20.5 Å². The summed E-state index contributed by atoms with van der Waals surface area (Å²) in [7, 11) is 0. The SMILES string of the molecule is Cc1nc(C)c(C(=O)NCc2cn[nH]c2)o1. The van der Waals surface area contributed by atoms with Crippen molar-refractivity contribution in [2.45, 2.75) is 20.4 Å². The van der Waals surface area contributed by atoms with E-state index in [0.717, 1.165) is 5.56 Å². The molecule has 2 aromatic heterocycles. The Morgan fingerprint density at radius 1 is 1.56 bits per heavy atom. The summed E-state index contributed by atoms with van der Waals surface area (Å²) in [5, 5.41) is 9.18. The number of H-pyrrole nitrogens is 1. The molecule has 0 unspecified atom stereocenters. The first-order valence-electron chi connectivity index (χ1n) is 4.86. The number of aryl methyl sites for hydroxylation is 2. The van der Waals surface area contributed by atoms with Gasteiger partial charge in [-0.25, -0.2) is 4.98 Å². The summed E-state index contributed by atoms with van der Waals surface area (Å²) in [6, 6.07) is 0. The minimum absolute atomic E-state index is 0.265. The van der Waals surface area contributed by atoms with E-state index in [0.29, 0.717) is 18.1 Å². The fraction of sp³-hybridized carbons (Fsp3) is 0.300. The molecule has 6 heteroatoms. The summed E-state index contributed by atoms with van der Waals surface area (Å²) in [6.45, 7) is 3.86. The Morgan fingerprint density at radius 3 is 2.94 bits per heavy atom. The highest BCUT2D eigenvalue weighted by Gasteiger charge is 2.15. The summed E-state index contributed by atoms with van der Waals surface area (Å²) >= 11 is 0. The van der Waals surface area contributed by atoms with E-state index < -0.39 is 0 Å². The highest BCUT2D eigenvalue weighted by atomic mass is 16.4. The largest absolute Gasteiger partial charge is 0.436 e. The van der Waals surface area contributed by atoms with Crippen LogP contribution >= 0.6 is 0 Å². The molecule has 0 aliphatic carbocycles. The second-order valence-corrected chi connectivity index (χ2v) is 3.44. The van der Waals surface area contributed by atoms with E-state index in [1.54, 1.807) is 26.2 Å². The van der Waals surface area contributed by atoms with Gasteiger partial charge in [0.15, 0.2) is 5.89 Å². The lowest BCUT2D eigenvalue weighted by Gasteiger charge is -2.00. The number of hydrogen-bond acceptors (Lipinski definition) is 4. The average Bonchev–Trinajstić information content (AvgIpc) is 2.84. The molecule has 6 nitrogen and oxygen atoms in total. The number of amides is 1. The van der Waals surface area contributed by atoms with Crippen LogP contribution in [0.1, 0.15) is 27.7 Å². The second-order valence-electron chi connectivity index (χ2n) is 3.44. The Hall–Kier alpha value is -2.11. The standard InChI is InChI=1S/C10H12N4O2/c1-6-9(16-7(2)14-6)10(15)11-3-8-4-12-13-5-8/h4-5H,3H2,1-2H3,(H,11,15)(H,12,13). The number of carbonyl (C=O) groups excluding carboxylic acids is 1. The number of rotatable bonds is 3. The maximum Gasteiger partial charge on any atom is 0.289 e. The van der Waals surface area contributed by atoms with Gasteiger partial charge in [0, 0.05) is 25.2 Å². The molecule has 0 saturated carbocycles. The molecule has 0 spiro atoms. The molecule has 0 bridgehead atoms. The van der Waals surface area contributed by atoms with Gasteiger partial charge in [0.1, 0.15) is 0 Å². The fourth-order valence-electron chi connectivity index (χ4n) is 1.38. The summed E-state index contributed by atoms with van der Waals surface area (Å²) in [6.07, 6.45) is 3.37. The van der Waals surface area contributed by atoms with Crippen molar-refractivity contribution in [3.8, 4) is 0 Å². The molecular formula is C10H12N4O2. The smallest absolute Gasteiger partial charge is 0.289 e. The Balaban J connectivity index is 2.01. The molecule has 0 saturated heterocycles. The van der Waals surface area contributed by atoms with Crippen molar-refractivity contribution >= 4 is 5.91 Å². The summed E-state index contributed by atoms with van der Waals surface area (Å²) in [4.78, 5) is 15.7. The molecular weight excluding hydrogens is 208 g/mol. The topological polar surface area (TPSA) is 83.8 Å². The number of hydrogen-bond donors (Lipinski definition) is 2. The molecule has 16 heavy (non-hydrogen) atoms. The average molecular weight is 220 g/mol. The molecule has 1 amide bonds. The molecule has 0 aromatic carbocycles. The van der Waals surface area contributed by atoms with Crippen LogP contribution in [0.15, 0.2) is 16.8 Å². The first-order chi connectivity index (χ1) is 7.66. The zero-order chi connectivity index (χ0) is 11.5. The molecule has 0 aliphatic heterocycles. The molecule has 2 N–H and O–H groups in total. The van der Waals surface area contributed by atoms with Crippen LogP contribution in [0.2, 0.25) is 0 Å². The first-order valence-corrected chi connectivity index (χ1v) is 4.86. The van der Waals surface area contributed by atoms with Crippen molar-refractivity contribution in [2.75, 3.05) is 0 Å². The molecule has 2 rings (SSSR count). The quantitative estimate of drug-likeness (QED) is 0.806. The van der Waals surface area contributed by atoms with Gasteiger partial charge in [0.05, 0.1) is 11.9 Å². The summed E-state index contributed by atoms with van der Waals surface area (Å²) < 4.78 is 5.20. The summed E-state index contributed by atoms with van der Waals surface area (Å²) in [5.41, 5.74) is 1.50. The monoisotopic (exact) mass is 220 g/mol. The zero-order valence-electron chi connectivity index (χ0n) is 9.07. The van der Waals surface area contributed by atoms with Crippen LogP contribution in [0.4, 0.5) is 0 Å². The van der Waals surface area contributed by atoms with Gasteiger partial charge in [0.25, 0.3) is 5.91 Å². The van der Waals surface area contributed by atoms with Crippen LogP contribution in [-0.2, 0) is 6.54 Å². The Labute approximate surface area is 92.1 Å². The van der Waals surface area contributed by atoms with Gasteiger partial charge in [-0.05, 0) is 6.92 Å². The van der Waals surface area contributed by atoms with E-state index in [1.165, 1.54) is 0 Å². The van der Waals surface area contributed by atoms with Gasteiger partial charge < -0.3 is 9.73 Å². The third-order valence-corrected chi connectivity index (χ3v) is 2.12. The van der Waals surface area contributed by atoms with Crippen LogP contribution in [0.5, 0.6) is 0 Å². The fourth-order valence-corrected chi connectivity index (χ4v) is 1.38. The maximum atomic E-state index is 11.7. The van der Waals surface area contributed by atoms with Gasteiger partial charge in [-0.3, -0.25) is 9.89 Å². The van der Waals surface area contributed by atoms with Gasteiger partial charge in [0.2, 0.25) is 5.76 Å². The number of oxazole rings is 1. The van der Waals surface area contributed by atoms with E-state index in [-0.39, 0.29) is 11.7 Å². The van der Waals surface area contributed by atoms with E-state index in [1.807, 2.05) is 0 Å². The van der Waals surface area contributed by atoms with Gasteiger partial charge >= 0.3 is 0 Å². The van der Waals surface area contributed by atoms with E-state index >= 15 is 0 Å². The minimum Gasteiger partial charge on any atom is -0.436 e. The number of carbonyl (C=O) groups is 1. The molecule has 0 radical (unpaired) electrons. The lowest BCUT2D eigenvalue weighted by molar-refractivity contribution is 0.0921. The normalized spacial score (nSPS) is 10.4. The maximum absolute atomic E-state index is 11.7. The Morgan fingerprint density at radius 2 is 2.38 bits per heavy atom. The van der Waals surface area contributed by atoms with Crippen LogP contribution in [-0.4, -0.2) is 21.1 Å². The highest BCUT2D eigenvalue weighted by Crippen LogP contribution is 2.09. The van der Waals surface area contributed by atoms with Crippen molar-refractivity contribution in [3.63, 3.8) is 0 Å². The predicted molar refractivity (Wildman–Crippen MR) is 55.7 cm³/mol. The number of nitrogens with one attached hydrogen (secondary N) is 2. The third kappa shape index (κ3) is 2.10. The van der Waals surface area contributed by atoms with Gasteiger partial charge in [-0.1, -0.05) is 0 Å². The number of nitrogens with zero attached hydrogens (tertiary/aromatic N) is 2. The van der Waals surface area contributed by atoms with Crippen LogP contribution in [0, 0.1) is 13.8 Å². The second kappa shape index (κ2) is 4.18. The molecule has 2 heterocycles. The van der Waals surface area contributed by atoms with E-state index in [4.69, 9.17) is 4.42 Å². The molecule has 0 aliphatic rings. The number of aromatic nitrogens is 3. The lowest BCUT2D eigenvalue weighted by Crippen LogP contribution is -2.22. The Bertz CT molecular complexity index is 487. The molecule has 0 fully saturated rings. The summed E-state index contributed by atoms with van der Waals surface area (Å²) in [5.74, 6) is 0.492. The van der Waals surface area contributed by atoms with E-state index in [2.05, 4.69) is 20.5 Å². The number of aromatic amines is 1. The predicted octanol–water partition coefficient (Wildman–Crippen LogP) is 0.945. The van der Waals surface area contributed by atoms with Crippen LogP contribution in [0.25, 0.3) is 0 Å². The van der Waals surface area contributed by atoms with Gasteiger partial charge in [-0.15, -0.1) is 0 Å². The van der Waals surface area contributed by atoms with Crippen LogP contribution < -0.4 is 5.32 Å². The van der Waals surface area contributed by atoms with Crippen molar-refractivity contribution < 1.29 is 9.21 Å². The van der Waals surface area contributed by atoms with Gasteiger partial charge in [-0.2, -0.15) is 5.10 Å².